The molecule has 0 amide bonds. The molecule has 0 aromatic heterocycles. The van der Waals surface area contributed by atoms with Crippen LogP contribution in [-0.2, 0) is 0 Å². The Morgan fingerprint density at radius 1 is 1.39 bits per heavy atom. The number of hydrogen-bond donors (Lipinski definition) is 1. The van der Waals surface area contributed by atoms with Gasteiger partial charge in [-0.25, -0.2) is 0 Å². The quantitative estimate of drug-likeness (QED) is 0.833. The van der Waals surface area contributed by atoms with Gasteiger partial charge in [0.25, 0.3) is 0 Å². The first-order valence-corrected chi connectivity index (χ1v) is 7.75. The van der Waals surface area contributed by atoms with Crippen molar-refractivity contribution in [3.05, 3.63) is 22.2 Å². The number of piperidine rings is 1. The van der Waals surface area contributed by atoms with Crippen molar-refractivity contribution in [3.63, 3.8) is 0 Å². The van der Waals surface area contributed by atoms with Gasteiger partial charge >= 0.3 is 0 Å². The van der Waals surface area contributed by atoms with Crippen molar-refractivity contribution in [1.29, 1.82) is 0 Å². The molecule has 1 saturated heterocycles. The second-order valence-electron chi connectivity index (χ2n) is 5.29. The number of halogens is 1. The van der Waals surface area contributed by atoms with Crippen LogP contribution in [-0.4, -0.2) is 12.6 Å². The predicted octanol–water partition coefficient (Wildman–Crippen LogP) is 4.50. The van der Waals surface area contributed by atoms with Gasteiger partial charge in [-0.05, 0) is 66.2 Å². The number of rotatable bonds is 3. The number of hydrogen-bond acceptors (Lipinski definition) is 2. The van der Waals surface area contributed by atoms with E-state index in [1.165, 1.54) is 49.9 Å². The monoisotopic (exact) mass is 310 g/mol. The maximum Gasteiger partial charge on any atom is 0.0517 e. The third-order valence-corrected chi connectivity index (χ3v) is 4.53. The third kappa shape index (κ3) is 2.82. The van der Waals surface area contributed by atoms with Crippen molar-refractivity contribution in [2.24, 2.45) is 0 Å². The summed E-state index contributed by atoms with van der Waals surface area (Å²) in [5.41, 5.74) is 9.33. The van der Waals surface area contributed by atoms with Gasteiger partial charge in [-0.15, -0.1) is 0 Å². The highest BCUT2D eigenvalue weighted by atomic mass is 79.9. The van der Waals surface area contributed by atoms with Crippen LogP contribution >= 0.6 is 15.9 Å². The third-order valence-electron chi connectivity index (χ3n) is 3.89. The van der Waals surface area contributed by atoms with Gasteiger partial charge in [0.15, 0.2) is 0 Å². The molecule has 0 saturated carbocycles. The molecule has 1 aromatic carbocycles. The van der Waals surface area contributed by atoms with Crippen molar-refractivity contribution in [3.8, 4) is 0 Å². The van der Waals surface area contributed by atoms with Gasteiger partial charge in [-0.3, -0.25) is 0 Å². The Bertz CT molecular complexity index is 415. The summed E-state index contributed by atoms with van der Waals surface area (Å²) in [7, 11) is 0. The standard InChI is InChI=1S/C15H23BrN2/c1-3-6-12-7-4-5-8-18(12)15-9-11(2)14(17)10-13(15)16/h9-10,12H,3-8,17H2,1-2H3. The summed E-state index contributed by atoms with van der Waals surface area (Å²) in [6.07, 6.45) is 6.54. The molecule has 0 spiro atoms. The Hall–Kier alpha value is -0.700. The number of nitrogens with two attached hydrogens (primary N) is 1. The zero-order chi connectivity index (χ0) is 13.1. The van der Waals surface area contributed by atoms with E-state index >= 15 is 0 Å². The molecule has 1 atom stereocenters. The highest BCUT2D eigenvalue weighted by Crippen LogP contribution is 2.35. The van der Waals surface area contributed by atoms with Gasteiger partial charge in [0, 0.05) is 22.7 Å². The fourth-order valence-electron chi connectivity index (χ4n) is 2.85. The SMILES string of the molecule is CCCC1CCCCN1c1cc(C)c(N)cc1Br. The Morgan fingerprint density at radius 3 is 2.89 bits per heavy atom. The summed E-state index contributed by atoms with van der Waals surface area (Å²) < 4.78 is 1.13. The number of aryl methyl sites for hydroxylation is 1. The molecule has 1 aliphatic heterocycles. The van der Waals surface area contributed by atoms with E-state index in [1.807, 2.05) is 6.07 Å². The molecule has 0 aliphatic carbocycles. The average molecular weight is 311 g/mol. The van der Waals surface area contributed by atoms with Gasteiger partial charge < -0.3 is 10.6 Å². The molecule has 0 radical (unpaired) electrons. The Labute approximate surface area is 119 Å². The first kappa shape index (κ1) is 13.7. The lowest BCUT2D eigenvalue weighted by Crippen LogP contribution is -2.39. The Balaban J connectivity index is 2.30. The molecule has 1 aliphatic rings. The van der Waals surface area contributed by atoms with Crippen LogP contribution in [0.25, 0.3) is 0 Å². The molecule has 1 aromatic rings. The van der Waals surface area contributed by atoms with Crippen LogP contribution in [0, 0.1) is 6.92 Å². The number of anilines is 2. The van der Waals surface area contributed by atoms with E-state index < -0.39 is 0 Å². The summed E-state index contributed by atoms with van der Waals surface area (Å²) in [6, 6.07) is 4.97. The molecule has 2 N–H and O–H groups in total. The second kappa shape index (κ2) is 5.96. The zero-order valence-electron chi connectivity index (χ0n) is 11.4. The lowest BCUT2D eigenvalue weighted by Gasteiger charge is -2.38. The van der Waals surface area contributed by atoms with Crippen molar-refractivity contribution >= 4 is 27.3 Å². The van der Waals surface area contributed by atoms with Crippen molar-refractivity contribution < 1.29 is 0 Å². The molecule has 3 heteroatoms. The van der Waals surface area contributed by atoms with Crippen LogP contribution in [0.4, 0.5) is 11.4 Å². The summed E-state index contributed by atoms with van der Waals surface area (Å²) in [4.78, 5) is 2.57. The van der Waals surface area contributed by atoms with Gasteiger partial charge in [-0.1, -0.05) is 13.3 Å². The summed E-state index contributed by atoms with van der Waals surface area (Å²) >= 11 is 3.67. The molecule has 1 unspecified atom stereocenters. The first-order valence-electron chi connectivity index (χ1n) is 6.95. The Kier molecular flexibility index (Phi) is 4.55. The molecule has 100 valence electrons. The molecule has 1 fully saturated rings. The minimum Gasteiger partial charge on any atom is -0.398 e. The van der Waals surface area contributed by atoms with E-state index in [-0.39, 0.29) is 0 Å². The summed E-state index contributed by atoms with van der Waals surface area (Å²) in [5, 5.41) is 0. The maximum atomic E-state index is 5.96. The molecule has 2 rings (SSSR count). The van der Waals surface area contributed by atoms with E-state index in [1.54, 1.807) is 0 Å². The number of nitrogen functional groups attached to an aromatic ring is 1. The number of nitrogens with zero attached hydrogens (tertiary/aromatic N) is 1. The fraction of sp³-hybridized carbons (Fsp3) is 0.600. The molecular formula is C15H23BrN2. The van der Waals surface area contributed by atoms with Crippen LogP contribution in [0.15, 0.2) is 16.6 Å². The Morgan fingerprint density at radius 2 is 2.17 bits per heavy atom. The van der Waals surface area contributed by atoms with E-state index in [9.17, 15) is 0 Å². The smallest absolute Gasteiger partial charge is 0.0517 e. The van der Waals surface area contributed by atoms with Gasteiger partial charge in [0.1, 0.15) is 0 Å². The summed E-state index contributed by atoms with van der Waals surface area (Å²) in [5.74, 6) is 0. The normalized spacial score (nSPS) is 20.2. The van der Waals surface area contributed by atoms with E-state index in [2.05, 4.69) is 40.7 Å². The summed E-state index contributed by atoms with van der Waals surface area (Å²) in [6.45, 7) is 5.53. The first-order chi connectivity index (χ1) is 8.63. The highest BCUT2D eigenvalue weighted by molar-refractivity contribution is 9.10. The van der Waals surface area contributed by atoms with E-state index in [0.717, 1.165) is 10.2 Å². The minimum absolute atomic E-state index is 0.697. The van der Waals surface area contributed by atoms with Gasteiger partial charge in [0.05, 0.1) is 5.69 Å². The largest absolute Gasteiger partial charge is 0.398 e. The van der Waals surface area contributed by atoms with E-state index in [4.69, 9.17) is 5.73 Å². The minimum atomic E-state index is 0.697. The topological polar surface area (TPSA) is 29.3 Å². The van der Waals surface area contributed by atoms with Crippen LogP contribution in [0.5, 0.6) is 0 Å². The lowest BCUT2D eigenvalue weighted by molar-refractivity contribution is 0.434. The van der Waals surface area contributed by atoms with Gasteiger partial charge in [0.2, 0.25) is 0 Å². The van der Waals surface area contributed by atoms with Crippen molar-refractivity contribution in [2.75, 3.05) is 17.2 Å². The van der Waals surface area contributed by atoms with Gasteiger partial charge in [-0.2, -0.15) is 0 Å². The lowest BCUT2D eigenvalue weighted by atomic mass is 9.97. The highest BCUT2D eigenvalue weighted by Gasteiger charge is 2.23. The van der Waals surface area contributed by atoms with E-state index in [0.29, 0.717) is 6.04 Å². The van der Waals surface area contributed by atoms with Crippen LogP contribution in [0.3, 0.4) is 0 Å². The molecular weight excluding hydrogens is 288 g/mol. The molecule has 1 heterocycles. The zero-order valence-corrected chi connectivity index (χ0v) is 13.0. The molecule has 0 bridgehead atoms. The van der Waals surface area contributed by atoms with Crippen LogP contribution in [0.2, 0.25) is 0 Å². The fourth-order valence-corrected chi connectivity index (χ4v) is 3.44. The van der Waals surface area contributed by atoms with Crippen LogP contribution < -0.4 is 10.6 Å². The average Bonchev–Trinajstić information content (AvgIpc) is 2.35. The second-order valence-corrected chi connectivity index (χ2v) is 6.15. The van der Waals surface area contributed by atoms with Crippen molar-refractivity contribution in [1.82, 2.24) is 0 Å². The number of benzene rings is 1. The molecule has 2 nitrogen and oxygen atoms in total. The predicted molar refractivity (Wildman–Crippen MR) is 83.2 cm³/mol. The van der Waals surface area contributed by atoms with Crippen molar-refractivity contribution in [2.45, 2.75) is 52.0 Å². The van der Waals surface area contributed by atoms with Crippen LogP contribution in [0.1, 0.15) is 44.6 Å². The molecule has 18 heavy (non-hydrogen) atoms. The maximum absolute atomic E-state index is 5.96.